The molecule has 0 aliphatic carbocycles. The quantitative estimate of drug-likeness (QED) is 0.675. The standard InChI is InChI=1S/C12H19FN2O/c1-3-12(16,4-2)8-15-11-6-5-9(14)7-10(11)13/h5-7,15-16H,3-4,8,14H2,1-2H3. The first-order chi connectivity index (χ1) is 7.50. The highest BCUT2D eigenvalue weighted by atomic mass is 19.1. The molecule has 16 heavy (non-hydrogen) atoms. The average molecular weight is 226 g/mol. The third kappa shape index (κ3) is 3.10. The van der Waals surface area contributed by atoms with Gasteiger partial charge in [-0.3, -0.25) is 0 Å². The lowest BCUT2D eigenvalue weighted by Gasteiger charge is -2.26. The second-order valence-corrected chi connectivity index (χ2v) is 4.02. The Morgan fingerprint density at radius 2 is 2.00 bits per heavy atom. The summed E-state index contributed by atoms with van der Waals surface area (Å²) in [5.74, 6) is -0.394. The van der Waals surface area contributed by atoms with E-state index in [-0.39, 0.29) is 0 Å². The second kappa shape index (κ2) is 5.16. The number of aliphatic hydroxyl groups is 1. The van der Waals surface area contributed by atoms with E-state index in [1.165, 1.54) is 6.07 Å². The van der Waals surface area contributed by atoms with Crippen molar-refractivity contribution in [3.63, 3.8) is 0 Å². The molecule has 1 aromatic carbocycles. The van der Waals surface area contributed by atoms with Crippen molar-refractivity contribution in [3.05, 3.63) is 24.0 Å². The van der Waals surface area contributed by atoms with Crippen LogP contribution in [0.15, 0.2) is 18.2 Å². The summed E-state index contributed by atoms with van der Waals surface area (Å²) in [6, 6.07) is 4.47. The van der Waals surface area contributed by atoms with Gasteiger partial charge in [-0.15, -0.1) is 0 Å². The predicted molar refractivity (Wildman–Crippen MR) is 64.8 cm³/mol. The molecule has 0 amide bonds. The zero-order valence-corrected chi connectivity index (χ0v) is 9.76. The van der Waals surface area contributed by atoms with E-state index in [4.69, 9.17) is 5.73 Å². The smallest absolute Gasteiger partial charge is 0.148 e. The van der Waals surface area contributed by atoms with Crippen LogP contribution in [0, 0.1) is 5.82 Å². The van der Waals surface area contributed by atoms with E-state index in [2.05, 4.69) is 5.32 Å². The third-order valence-electron chi connectivity index (χ3n) is 2.92. The van der Waals surface area contributed by atoms with Gasteiger partial charge in [-0.25, -0.2) is 4.39 Å². The summed E-state index contributed by atoms with van der Waals surface area (Å²) in [6.45, 7) is 4.15. The molecule has 0 bridgehead atoms. The second-order valence-electron chi connectivity index (χ2n) is 4.02. The van der Waals surface area contributed by atoms with Crippen molar-refractivity contribution in [2.45, 2.75) is 32.3 Å². The van der Waals surface area contributed by atoms with Crippen molar-refractivity contribution >= 4 is 11.4 Å². The minimum absolute atomic E-state index is 0.334. The van der Waals surface area contributed by atoms with Crippen molar-refractivity contribution in [3.8, 4) is 0 Å². The molecule has 1 rings (SSSR count). The van der Waals surface area contributed by atoms with Crippen LogP contribution < -0.4 is 11.1 Å². The summed E-state index contributed by atoms with van der Waals surface area (Å²) >= 11 is 0. The van der Waals surface area contributed by atoms with E-state index in [9.17, 15) is 9.50 Å². The molecule has 90 valence electrons. The van der Waals surface area contributed by atoms with Gasteiger partial charge in [0.2, 0.25) is 0 Å². The van der Waals surface area contributed by atoms with Crippen molar-refractivity contribution in [1.29, 1.82) is 0 Å². The Kier molecular flexibility index (Phi) is 4.12. The van der Waals surface area contributed by atoms with Gasteiger partial charge in [-0.05, 0) is 31.0 Å². The Morgan fingerprint density at radius 1 is 1.38 bits per heavy atom. The highest BCUT2D eigenvalue weighted by molar-refractivity contribution is 5.52. The molecule has 0 saturated carbocycles. The van der Waals surface area contributed by atoms with Gasteiger partial charge in [0, 0.05) is 12.2 Å². The Morgan fingerprint density at radius 3 is 2.50 bits per heavy atom. The maximum Gasteiger partial charge on any atom is 0.148 e. The molecule has 0 aromatic heterocycles. The lowest BCUT2D eigenvalue weighted by molar-refractivity contribution is 0.0456. The molecule has 4 heteroatoms. The van der Waals surface area contributed by atoms with Crippen molar-refractivity contribution in [2.24, 2.45) is 0 Å². The third-order valence-corrected chi connectivity index (χ3v) is 2.92. The molecule has 0 saturated heterocycles. The minimum Gasteiger partial charge on any atom is -0.399 e. The lowest BCUT2D eigenvalue weighted by atomic mass is 9.97. The molecule has 0 spiro atoms. The number of hydrogen-bond acceptors (Lipinski definition) is 3. The summed E-state index contributed by atoms with van der Waals surface area (Å²) < 4.78 is 13.4. The number of nitrogen functional groups attached to an aromatic ring is 1. The van der Waals surface area contributed by atoms with Gasteiger partial charge in [-0.1, -0.05) is 13.8 Å². The van der Waals surface area contributed by atoms with Crippen LogP contribution in [-0.4, -0.2) is 17.3 Å². The highest BCUT2D eigenvalue weighted by Crippen LogP contribution is 2.20. The van der Waals surface area contributed by atoms with Crippen LogP contribution in [0.5, 0.6) is 0 Å². The molecule has 0 unspecified atom stereocenters. The molecule has 0 heterocycles. The van der Waals surface area contributed by atoms with E-state index in [1.807, 2.05) is 13.8 Å². The maximum atomic E-state index is 13.4. The molecule has 4 N–H and O–H groups in total. The van der Waals surface area contributed by atoms with Crippen LogP contribution in [0.2, 0.25) is 0 Å². The van der Waals surface area contributed by atoms with Gasteiger partial charge < -0.3 is 16.2 Å². The minimum atomic E-state index is -0.784. The topological polar surface area (TPSA) is 58.3 Å². The largest absolute Gasteiger partial charge is 0.399 e. The fraction of sp³-hybridized carbons (Fsp3) is 0.500. The van der Waals surface area contributed by atoms with E-state index < -0.39 is 11.4 Å². The summed E-state index contributed by atoms with van der Waals surface area (Å²) in [5, 5.41) is 12.9. The zero-order valence-electron chi connectivity index (χ0n) is 9.76. The van der Waals surface area contributed by atoms with E-state index in [0.29, 0.717) is 30.8 Å². The van der Waals surface area contributed by atoms with Crippen LogP contribution in [0.4, 0.5) is 15.8 Å². The summed E-state index contributed by atoms with van der Waals surface area (Å²) in [4.78, 5) is 0. The van der Waals surface area contributed by atoms with Gasteiger partial charge in [0.1, 0.15) is 5.82 Å². The SMILES string of the molecule is CCC(O)(CC)CNc1ccc(N)cc1F. The van der Waals surface area contributed by atoms with Gasteiger partial charge in [-0.2, -0.15) is 0 Å². The maximum absolute atomic E-state index is 13.4. The van der Waals surface area contributed by atoms with Gasteiger partial charge >= 0.3 is 0 Å². The number of benzene rings is 1. The molecule has 0 aliphatic heterocycles. The molecule has 3 nitrogen and oxygen atoms in total. The normalized spacial score (nSPS) is 11.5. The summed E-state index contributed by atoms with van der Waals surface area (Å²) in [6.07, 6.45) is 1.26. The van der Waals surface area contributed by atoms with E-state index in [0.717, 1.165) is 0 Å². The van der Waals surface area contributed by atoms with E-state index >= 15 is 0 Å². The fourth-order valence-electron chi connectivity index (χ4n) is 1.43. The number of rotatable bonds is 5. The number of nitrogens with two attached hydrogens (primary N) is 1. The van der Waals surface area contributed by atoms with Gasteiger partial charge in [0.05, 0.1) is 11.3 Å². The van der Waals surface area contributed by atoms with Gasteiger partial charge in [0.15, 0.2) is 0 Å². The van der Waals surface area contributed by atoms with Crippen LogP contribution >= 0.6 is 0 Å². The number of nitrogens with one attached hydrogen (secondary N) is 1. The van der Waals surface area contributed by atoms with Crippen molar-refractivity contribution in [1.82, 2.24) is 0 Å². The first-order valence-electron chi connectivity index (χ1n) is 5.52. The number of halogens is 1. The van der Waals surface area contributed by atoms with Crippen LogP contribution in [0.3, 0.4) is 0 Å². The number of hydrogen-bond donors (Lipinski definition) is 3. The average Bonchev–Trinajstić information content (AvgIpc) is 2.27. The molecule has 1 aromatic rings. The monoisotopic (exact) mass is 226 g/mol. The molecule has 0 fully saturated rings. The molecular formula is C12H19FN2O. The zero-order chi connectivity index (χ0) is 12.2. The predicted octanol–water partition coefficient (Wildman–Crippen LogP) is 2.37. The van der Waals surface area contributed by atoms with Crippen LogP contribution in [-0.2, 0) is 0 Å². The summed E-state index contributed by atoms with van der Waals surface area (Å²) in [7, 11) is 0. The Balaban J connectivity index is 2.67. The highest BCUT2D eigenvalue weighted by Gasteiger charge is 2.21. The molecule has 0 aliphatic rings. The van der Waals surface area contributed by atoms with Crippen molar-refractivity contribution in [2.75, 3.05) is 17.6 Å². The Bertz CT molecular complexity index is 351. The molecule has 0 radical (unpaired) electrons. The van der Waals surface area contributed by atoms with Crippen LogP contribution in [0.1, 0.15) is 26.7 Å². The Hall–Kier alpha value is -1.29. The Labute approximate surface area is 95.5 Å². The fourth-order valence-corrected chi connectivity index (χ4v) is 1.43. The molecule has 0 atom stereocenters. The lowest BCUT2D eigenvalue weighted by Crippen LogP contribution is -2.35. The van der Waals surface area contributed by atoms with E-state index in [1.54, 1.807) is 12.1 Å². The van der Waals surface area contributed by atoms with Gasteiger partial charge in [0.25, 0.3) is 0 Å². The first-order valence-corrected chi connectivity index (χ1v) is 5.52. The first kappa shape index (κ1) is 12.8. The van der Waals surface area contributed by atoms with Crippen molar-refractivity contribution < 1.29 is 9.50 Å². The summed E-state index contributed by atoms with van der Waals surface area (Å²) in [5.41, 5.74) is 5.42. The van der Waals surface area contributed by atoms with Crippen LogP contribution in [0.25, 0.3) is 0 Å². The number of anilines is 2. The molecular weight excluding hydrogens is 207 g/mol.